The molecule has 0 saturated carbocycles. The third kappa shape index (κ3) is 2.96. The van der Waals surface area contributed by atoms with Gasteiger partial charge < -0.3 is 15.4 Å². The predicted molar refractivity (Wildman–Crippen MR) is 80.5 cm³/mol. The van der Waals surface area contributed by atoms with Crippen molar-refractivity contribution in [3.8, 4) is 0 Å². The molecule has 1 saturated heterocycles. The van der Waals surface area contributed by atoms with Gasteiger partial charge in [-0.3, -0.25) is 4.79 Å². The molecular weight excluding hydrogens is 252 g/mol. The minimum Gasteiger partial charge on any atom is -0.399 e. The molecule has 1 amide bonds. The molecule has 1 fully saturated rings. The second kappa shape index (κ2) is 5.83. The van der Waals surface area contributed by atoms with Crippen LogP contribution in [0.5, 0.6) is 0 Å². The Labute approximate surface area is 120 Å². The van der Waals surface area contributed by atoms with Crippen LogP contribution >= 0.6 is 0 Å². The smallest absolute Gasteiger partial charge is 0.232 e. The number of nitrogens with two attached hydrogens (primary N) is 1. The van der Waals surface area contributed by atoms with Gasteiger partial charge in [0.15, 0.2) is 0 Å². The summed E-state index contributed by atoms with van der Waals surface area (Å²) in [6, 6.07) is 7.84. The molecule has 1 aliphatic heterocycles. The lowest BCUT2D eigenvalue weighted by Gasteiger charge is -2.36. The van der Waals surface area contributed by atoms with Crippen LogP contribution in [-0.4, -0.2) is 37.1 Å². The average Bonchev–Trinajstić information content (AvgIpc) is 2.47. The Kier molecular flexibility index (Phi) is 4.33. The third-order valence-corrected chi connectivity index (χ3v) is 4.23. The molecule has 4 nitrogen and oxygen atoms in total. The molecular formula is C16H24N2O2. The molecule has 0 radical (unpaired) electrons. The van der Waals surface area contributed by atoms with Crippen LogP contribution in [0.2, 0.25) is 0 Å². The van der Waals surface area contributed by atoms with Crippen LogP contribution in [0.15, 0.2) is 24.3 Å². The Balaban J connectivity index is 2.15. The first-order valence-electron chi connectivity index (χ1n) is 7.14. The zero-order valence-electron chi connectivity index (χ0n) is 12.6. The van der Waals surface area contributed by atoms with E-state index in [-0.39, 0.29) is 11.9 Å². The molecule has 0 atom stereocenters. The summed E-state index contributed by atoms with van der Waals surface area (Å²) in [6.07, 6.45) is 1.83. The molecule has 4 heteroatoms. The van der Waals surface area contributed by atoms with Crippen LogP contribution in [0.25, 0.3) is 0 Å². The van der Waals surface area contributed by atoms with E-state index in [0.29, 0.717) is 0 Å². The van der Waals surface area contributed by atoms with Crippen LogP contribution < -0.4 is 5.73 Å². The maximum absolute atomic E-state index is 12.8. The quantitative estimate of drug-likeness (QED) is 0.861. The summed E-state index contributed by atoms with van der Waals surface area (Å²) >= 11 is 0. The van der Waals surface area contributed by atoms with Crippen molar-refractivity contribution in [3.05, 3.63) is 29.8 Å². The lowest BCUT2D eigenvalue weighted by atomic mass is 9.82. The second-order valence-corrected chi connectivity index (χ2v) is 6.01. The van der Waals surface area contributed by atoms with Gasteiger partial charge in [-0.15, -0.1) is 0 Å². The van der Waals surface area contributed by atoms with E-state index in [4.69, 9.17) is 10.5 Å². The largest absolute Gasteiger partial charge is 0.399 e. The number of carbonyl (C=O) groups excluding carboxylic acids is 1. The van der Waals surface area contributed by atoms with E-state index in [1.807, 2.05) is 50.1 Å². The zero-order valence-corrected chi connectivity index (χ0v) is 12.6. The second-order valence-electron chi connectivity index (χ2n) is 6.01. The maximum Gasteiger partial charge on any atom is 0.232 e. The van der Waals surface area contributed by atoms with Gasteiger partial charge in [-0.25, -0.2) is 0 Å². The van der Waals surface area contributed by atoms with Gasteiger partial charge >= 0.3 is 0 Å². The Hall–Kier alpha value is -1.55. The molecule has 2 N–H and O–H groups in total. The SMILES string of the molecule is CN(C(=O)C(C)(C)c1ccc(N)cc1)C1CCOCC1. The molecule has 1 aromatic carbocycles. The molecule has 110 valence electrons. The van der Waals surface area contributed by atoms with Gasteiger partial charge in [0.2, 0.25) is 5.91 Å². The minimum absolute atomic E-state index is 0.147. The number of carbonyl (C=O) groups is 1. The van der Waals surface area contributed by atoms with Crippen LogP contribution in [0.1, 0.15) is 32.3 Å². The summed E-state index contributed by atoms with van der Waals surface area (Å²) in [5, 5.41) is 0. The summed E-state index contributed by atoms with van der Waals surface area (Å²) in [4.78, 5) is 14.7. The van der Waals surface area contributed by atoms with Crippen molar-refractivity contribution in [2.45, 2.75) is 38.1 Å². The fraction of sp³-hybridized carbons (Fsp3) is 0.562. The number of hydrogen-bond acceptors (Lipinski definition) is 3. The number of nitrogen functional groups attached to an aromatic ring is 1. The van der Waals surface area contributed by atoms with Crippen molar-refractivity contribution in [2.75, 3.05) is 26.0 Å². The van der Waals surface area contributed by atoms with Crippen molar-refractivity contribution >= 4 is 11.6 Å². The molecule has 20 heavy (non-hydrogen) atoms. The van der Waals surface area contributed by atoms with Gasteiger partial charge in [-0.1, -0.05) is 12.1 Å². The van der Waals surface area contributed by atoms with Crippen molar-refractivity contribution in [2.24, 2.45) is 0 Å². The molecule has 0 bridgehead atoms. The Bertz CT molecular complexity index is 462. The first-order chi connectivity index (χ1) is 9.43. The van der Waals surface area contributed by atoms with Crippen LogP contribution in [0, 0.1) is 0 Å². The number of benzene rings is 1. The van der Waals surface area contributed by atoms with E-state index in [0.717, 1.165) is 37.3 Å². The third-order valence-electron chi connectivity index (χ3n) is 4.23. The summed E-state index contributed by atoms with van der Waals surface area (Å²) in [6.45, 7) is 5.42. The van der Waals surface area contributed by atoms with Gasteiger partial charge in [0, 0.05) is 32.0 Å². The normalized spacial score (nSPS) is 16.9. The van der Waals surface area contributed by atoms with Gasteiger partial charge in [0.05, 0.1) is 5.41 Å². The number of likely N-dealkylation sites (N-methyl/N-ethyl adjacent to an activating group) is 1. The van der Waals surface area contributed by atoms with Gasteiger partial charge in [-0.05, 0) is 44.4 Å². The minimum atomic E-state index is -0.541. The van der Waals surface area contributed by atoms with Crippen molar-refractivity contribution in [1.82, 2.24) is 4.90 Å². The zero-order chi connectivity index (χ0) is 14.8. The Morgan fingerprint density at radius 2 is 1.80 bits per heavy atom. The Morgan fingerprint density at radius 1 is 1.25 bits per heavy atom. The number of rotatable bonds is 3. The molecule has 0 aliphatic carbocycles. The topological polar surface area (TPSA) is 55.6 Å². The highest BCUT2D eigenvalue weighted by Gasteiger charge is 2.35. The van der Waals surface area contributed by atoms with Gasteiger partial charge in [0.1, 0.15) is 0 Å². The van der Waals surface area contributed by atoms with E-state index in [1.165, 1.54) is 0 Å². The monoisotopic (exact) mass is 276 g/mol. The van der Waals surface area contributed by atoms with E-state index in [9.17, 15) is 4.79 Å². The molecule has 0 unspecified atom stereocenters. The first kappa shape index (κ1) is 14.9. The molecule has 1 heterocycles. The number of hydrogen-bond donors (Lipinski definition) is 1. The fourth-order valence-electron chi connectivity index (χ4n) is 2.70. The fourth-order valence-corrected chi connectivity index (χ4v) is 2.70. The average molecular weight is 276 g/mol. The maximum atomic E-state index is 12.8. The van der Waals surface area contributed by atoms with Gasteiger partial charge in [-0.2, -0.15) is 0 Å². The van der Waals surface area contributed by atoms with E-state index >= 15 is 0 Å². The highest BCUT2D eigenvalue weighted by Crippen LogP contribution is 2.28. The van der Waals surface area contributed by atoms with Crippen LogP contribution in [0.3, 0.4) is 0 Å². The summed E-state index contributed by atoms with van der Waals surface area (Å²) < 4.78 is 5.36. The van der Waals surface area contributed by atoms with E-state index in [1.54, 1.807) is 0 Å². The number of ether oxygens (including phenoxy) is 1. The predicted octanol–water partition coefficient (Wildman–Crippen LogP) is 2.18. The number of anilines is 1. The molecule has 1 aliphatic rings. The summed E-state index contributed by atoms with van der Waals surface area (Å²) in [7, 11) is 1.90. The first-order valence-corrected chi connectivity index (χ1v) is 7.14. The summed E-state index contributed by atoms with van der Waals surface area (Å²) in [5.41, 5.74) is 6.89. The highest BCUT2D eigenvalue weighted by atomic mass is 16.5. The standard InChI is InChI=1S/C16H24N2O2/c1-16(2,12-4-6-13(17)7-5-12)15(19)18(3)14-8-10-20-11-9-14/h4-7,14H,8-11,17H2,1-3H3. The molecule has 2 rings (SSSR count). The number of nitrogens with zero attached hydrogens (tertiary/aromatic N) is 1. The van der Waals surface area contributed by atoms with Crippen molar-refractivity contribution < 1.29 is 9.53 Å². The molecule has 1 aromatic rings. The highest BCUT2D eigenvalue weighted by molar-refractivity contribution is 5.87. The van der Waals surface area contributed by atoms with Crippen LogP contribution in [0.4, 0.5) is 5.69 Å². The van der Waals surface area contributed by atoms with E-state index < -0.39 is 5.41 Å². The van der Waals surface area contributed by atoms with Gasteiger partial charge in [0.25, 0.3) is 0 Å². The number of amides is 1. The van der Waals surface area contributed by atoms with Crippen LogP contribution in [-0.2, 0) is 14.9 Å². The van der Waals surface area contributed by atoms with Crippen molar-refractivity contribution in [1.29, 1.82) is 0 Å². The lowest BCUT2D eigenvalue weighted by Crippen LogP contribution is -2.48. The lowest BCUT2D eigenvalue weighted by molar-refractivity contribution is -0.138. The summed E-state index contributed by atoms with van der Waals surface area (Å²) in [5.74, 6) is 0.147. The Morgan fingerprint density at radius 3 is 2.35 bits per heavy atom. The molecule has 0 aromatic heterocycles. The van der Waals surface area contributed by atoms with E-state index in [2.05, 4.69) is 0 Å². The molecule has 0 spiro atoms. The van der Waals surface area contributed by atoms with Crippen molar-refractivity contribution in [3.63, 3.8) is 0 Å².